The van der Waals surface area contributed by atoms with E-state index in [2.05, 4.69) is 29.1 Å². The van der Waals surface area contributed by atoms with Gasteiger partial charge in [0, 0.05) is 45.3 Å². The first kappa shape index (κ1) is 13.3. The van der Waals surface area contributed by atoms with Crippen LogP contribution in [0.5, 0.6) is 0 Å². The van der Waals surface area contributed by atoms with Crippen LogP contribution in [0.15, 0.2) is 0 Å². The van der Waals surface area contributed by atoms with Gasteiger partial charge in [0.1, 0.15) is 0 Å². The zero-order valence-electron chi connectivity index (χ0n) is 11.6. The van der Waals surface area contributed by atoms with Crippen LogP contribution in [-0.4, -0.2) is 62.2 Å². The summed E-state index contributed by atoms with van der Waals surface area (Å²) in [6.45, 7) is 10.0. The minimum absolute atomic E-state index is 0.690. The van der Waals surface area contributed by atoms with Gasteiger partial charge >= 0.3 is 0 Å². The monoisotopic (exact) mass is 239 g/mol. The van der Waals surface area contributed by atoms with Crippen molar-refractivity contribution in [3.8, 4) is 0 Å². The Hall–Kier alpha value is -0.120. The minimum atomic E-state index is 0.690. The van der Waals surface area contributed by atoms with Crippen LogP contribution in [-0.2, 0) is 0 Å². The second kappa shape index (κ2) is 6.72. The van der Waals surface area contributed by atoms with Crippen LogP contribution in [0, 0.1) is 5.92 Å². The molecule has 0 aromatic heterocycles. The maximum absolute atomic E-state index is 3.45. The molecule has 100 valence electrons. The molecule has 2 rings (SSSR count). The Morgan fingerprint density at radius 2 is 1.76 bits per heavy atom. The normalized spacial score (nSPS) is 25.1. The van der Waals surface area contributed by atoms with Gasteiger partial charge in [0.05, 0.1) is 0 Å². The van der Waals surface area contributed by atoms with Gasteiger partial charge in [-0.3, -0.25) is 4.90 Å². The molecule has 0 spiro atoms. The molecule has 1 saturated carbocycles. The minimum Gasteiger partial charge on any atom is -0.316 e. The van der Waals surface area contributed by atoms with E-state index in [4.69, 9.17) is 0 Å². The average molecular weight is 239 g/mol. The van der Waals surface area contributed by atoms with Crippen molar-refractivity contribution in [1.29, 1.82) is 0 Å². The van der Waals surface area contributed by atoms with Crippen LogP contribution in [0.1, 0.15) is 32.6 Å². The molecule has 0 bridgehead atoms. The highest BCUT2D eigenvalue weighted by Crippen LogP contribution is 2.29. The van der Waals surface area contributed by atoms with Crippen molar-refractivity contribution in [3.63, 3.8) is 0 Å². The molecular formula is C14H29N3. The lowest BCUT2D eigenvalue weighted by Gasteiger charge is -2.36. The summed E-state index contributed by atoms with van der Waals surface area (Å²) in [4.78, 5) is 5.31. The highest BCUT2D eigenvalue weighted by Gasteiger charge is 2.26. The average Bonchev–Trinajstić information content (AvgIpc) is 3.15. The molecule has 0 aromatic carbocycles. The molecule has 2 fully saturated rings. The van der Waals surface area contributed by atoms with Crippen LogP contribution in [0.25, 0.3) is 0 Å². The first-order valence-electron chi connectivity index (χ1n) is 7.43. The Balaban J connectivity index is 1.63. The predicted molar refractivity (Wildman–Crippen MR) is 73.4 cm³/mol. The van der Waals surface area contributed by atoms with Crippen molar-refractivity contribution in [1.82, 2.24) is 15.1 Å². The second-order valence-electron chi connectivity index (χ2n) is 5.82. The number of likely N-dealkylation sites (N-methyl/N-ethyl adjacent to an activating group) is 1. The Morgan fingerprint density at radius 1 is 1.12 bits per heavy atom. The molecule has 0 aromatic rings. The van der Waals surface area contributed by atoms with Gasteiger partial charge in [-0.05, 0) is 32.2 Å². The maximum atomic E-state index is 3.45. The third kappa shape index (κ3) is 4.57. The van der Waals surface area contributed by atoms with E-state index in [1.165, 1.54) is 65.0 Å². The SMILES string of the molecule is CCCC(CN1CCN(CC2CC2)CC1)NC. The Morgan fingerprint density at radius 3 is 2.29 bits per heavy atom. The summed E-state index contributed by atoms with van der Waals surface area (Å²) in [6.07, 6.45) is 5.56. The van der Waals surface area contributed by atoms with Crippen LogP contribution < -0.4 is 5.32 Å². The number of nitrogens with one attached hydrogen (secondary N) is 1. The molecule has 3 nitrogen and oxygen atoms in total. The zero-order chi connectivity index (χ0) is 12.1. The van der Waals surface area contributed by atoms with E-state index in [0.29, 0.717) is 6.04 Å². The topological polar surface area (TPSA) is 18.5 Å². The first-order chi connectivity index (χ1) is 8.31. The zero-order valence-corrected chi connectivity index (χ0v) is 11.6. The van der Waals surface area contributed by atoms with E-state index < -0.39 is 0 Å². The molecule has 1 heterocycles. The lowest BCUT2D eigenvalue weighted by atomic mass is 10.1. The Kier molecular flexibility index (Phi) is 5.26. The third-order valence-corrected chi connectivity index (χ3v) is 4.20. The van der Waals surface area contributed by atoms with Crippen molar-refractivity contribution in [2.75, 3.05) is 46.3 Å². The van der Waals surface area contributed by atoms with Crippen molar-refractivity contribution in [2.24, 2.45) is 5.92 Å². The van der Waals surface area contributed by atoms with Gasteiger partial charge in [0.25, 0.3) is 0 Å². The summed E-state index contributed by atoms with van der Waals surface area (Å²) in [5, 5.41) is 3.45. The second-order valence-corrected chi connectivity index (χ2v) is 5.82. The molecule has 1 aliphatic heterocycles. The molecule has 1 unspecified atom stereocenters. The fourth-order valence-corrected chi connectivity index (χ4v) is 2.81. The van der Waals surface area contributed by atoms with Crippen LogP contribution in [0.4, 0.5) is 0 Å². The van der Waals surface area contributed by atoms with Gasteiger partial charge in [-0.25, -0.2) is 0 Å². The molecule has 2 aliphatic rings. The molecule has 1 aliphatic carbocycles. The predicted octanol–water partition coefficient (Wildman–Crippen LogP) is 1.40. The molecule has 17 heavy (non-hydrogen) atoms. The van der Waals surface area contributed by atoms with E-state index in [1.807, 2.05) is 0 Å². The van der Waals surface area contributed by atoms with E-state index in [-0.39, 0.29) is 0 Å². The molecule has 1 saturated heterocycles. The summed E-state index contributed by atoms with van der Waals surface area (Å²) in [5.41, 5.74) is 0. The van der Waals surface area contributed by atoms with Gasteiger partial charge in [0.2, 0.25) is 0 Å². The quantitative estimate of drug-likeness (QED) is 0.724. The summed E-state index contributed by atoms with van der Waals surface area (Å²) >= 11 is 0. The van der Waals surface area contributed by atoms with E-state index >= 15 is 0 Å². The van der Waals surface area contributed by atoms with Gasteiger partial charge < -0.3 is 10.2 Å². The van der Waals surface area contributed by atoms with Crippen molar-refractivity contribution in [2.45, 2.75) is 38.6 Å². The van der Waals surface area contributed by atoms with E-state index in [1.54, 1.807) is 0 Å². The fraction of sp³-hybridized carbons (Fsp3) is 1.00. The highest BCUT2D eigenvalue weighted by atomic mass is 15.3. The van der Waals surface area contributed by atoms with Gasteiger partial charge in [-0.2, -0.15) is 0 Å². The van der Waals surface area contributed by atoms with E-state index in [9.17, 15) is 0 Å². The molecule has 0 amide bonds. The number of hydrogen-bond acceptors (Lipinski definition) is 3. The lowest BCUT2D eigenvalue weighted by Crippen LogP contribution is -2.50. The third-order valence-electron chi connectivity index (χ3n) is 4.20. The van der Waals surface area contributed by atoms with Crippen molar-refractivity contribution >= 4 is 0 Å². The summed E-state index contributed by atoms with van der Waals surface area (Å²) < 4.78 is 0. The summed E-state index contributed by atoms with van der Waals surface area (Å²) in [5.74, 6) is 1.05. The Bertz CT molecular complexity index is 208. The molecule has 1 N–H and O–H groups in total. The standard InChI is InChI=1S/C14H29N3/c1-3-4-14(15-2)12-17-9-7-16(8-10-17)11-13-5-6-13/h13-15H,3-12H2,1-2H3. The van der Waals surface area contributed by atoms with Crippen LogP contribution >= 0.6 is 0 Å². The summed E-state index contributed by atoms with van der Waals surface area (Å²) in [6, 6.07) is 0.690. The number of piperazine rings is 1. The Labute approximate surface area is 107 Å². The maximum Gasteiger partial charge on any atom is 0.0191 e. The number of hydrogen-bond donors (Lipinski definition) is 1. The van der Waals surface area contributed by atoms with E-state index in [0.717, 1.165) is 5.92 Å². The molecule has 3 heteroatoms. The van der Waals surface area contributed by atoms with Gasteiger partial charge in [-0.1, -0.05) is 13.3 Å². The molecule has 0 radical (unpaired) electrons. The van der Waals surface area contributed by atoms with Crippen LogP contribution in [0.3, 0.4) is 0 Å². The highest BCUT2D eigenvalue weighted by molar-refractivity contribution is 4.81. The van der Waals surface area contributed by atoms with Gasteiger partial charge in [0.15, 0.2) is 0 Å². The number of nitrogens with zero attached hydrogens (tertiary/aromatic N) is 2. The van der Waals surface area contributed by atoms with Crippen molar-refractivity contribution < 1.29 is 0 Å². The first-order valence-corrected chi connectivity index (χ1v) is 7.43. The van der Waals surface area contributed by atoms with Crippen molar-refractivity contribution in [3.05, 3.63) is 0 Å². The fourth-order valence-electron chi connectivity index (χ4n) is 2.81. The summed E-state index contributed by atoms with van der Waals surface area (Å²) in [7, 11) is 2.10. The smallest absolute Gasteiger partial charge is 0.0191 e. The largest absolute Gasteiger partial charge is 0.316 e. The molecular weight excluding hydrogens is 210 g/mol. The van der Waals surface area contributed by atoms with Crippen LogP contribution in [0.2, 0.25) is 0 Å². The molecule has 1 atom stereocenters. The number of rotatable bonds is 7. The van der Waals surface area contributed by atoms with Gasteiger partial charge in [-0.15, -0.1) is 0 Å². The lowest BCUT2D eigenvalue weighted by molar-refractivity contribution is 0.119.